The zero-order chi connectivity index (χ0) is 10.6. The average molecular weight is 209 g/mol. The molecule has 0 bridgehead atoms. The molecule has 0 radical (unpaired) electrons. The van der Waals surface area contributed by atoms with Crippen LogP contribution in [-0.2, 0) is 0 Å². The number of hydrogen-bond donors (Lipinski definition) is 0. The van der Waals surface area contributed by atoms with E-state index in [0.29, 0.717) is 0 Å². The summed E-state index contributed by atoms with van der Waals surface area (Å²) in [5.41, 5.74) is 0. The Bertz CT molecular complexity index is 255. The SMILES string of the molecule is c1cocn1.c1conn1.c1conn1. The zero-order valence-corrected chi connectivity index (χ0v) is 7.50. The van der Waals surface area contributed by atoms with Gasteiger partial charge in [0.05, 0.1) is 18.6 Å². The summed E-state index contributed by atoms with van der Waals surface area (Å²) < 4.78 is 12.9. The van der Waals surface area contributed by atoms with Crippen LogP contribution in [0, 0.1) is 0 Å². The molecule has 15 heavy (non-hydrogen) atoms. The van der Waals surface area contributed by atoms with Gasteiger partial charge in [0.15, 0.2) is 6.39 Å². The van der Waals surface area contributed by atoms with E-state index < -0.39 is 0 Å². The van der Waals surface area contributed by atoms with E-state index in [2.05, 4.69) is 39.2 Å². The van der Waals surface area contributed by atoms with Gasteiger partial charge < -0.3 is 13.5 Å². The van der Waals surface area contributed by atoms with Crippen LogP contribution >= 0.6 is 0 Å². The van der Waals surface area contributed by atoms with E-state index in [1.54, 1.807) is 6.20 Å². The van der Waals surface area contributed by atoms with E-state index >= 15 is 0 Å². The minimum atomic E-state index is 1.38. The van der Waals surface area contributed by atoms with Gasteiger partial charge in [-0.15, -0.1) is 10.2 Å². The standard InChI is InChI=1S/C3H3NO.2C2H2N2O/c1-2-5-3-4-1;2*1-2-5-4-3-1/h1-3H;2*1-2H. The molecule has 3 rings (SSSR count). The normalized spacial score (nSPS) is 8.00. The van der Waals surface area contributed by atoms with Crippen molar-refractivity contribution in [3.05, 3.63) is 43.8 Å². The van der Waals surface area contributed by atoms with Crippen LogP contribution in [0.25, 0.3) is 0 Å². The van der Waals surface area contributed by atoms with Gasteiger partial charge >= 0.3 is 0 Å². The number of hydrogen-bond acceptors (Lipinski definition) is 8. The van der Waals surface area contributed by atoms with Crippen LogP contribution in [0.5, 0.6) is 0 Å². The van der Waals surface area contributed by atoms with Gasteiger partial charge in [0.1, 0.15) is 18.8 Å². The first-order valence-corrected chi connectivity index (χ1v) is 3.74. The fourth-order valence-corrected chi connectivity index (χ4v) is 0.448. The zero-order valence-electron chi connectivity index (χ0n) is 7.50. The van der Waals surface area contributed by atoms with Crippen LogP contribution in [0.1, 0.15) is 0 Å². The third-order valence-electron chi connectivity index (χ3n) is 0.913. The Balaban J connectivity index is 0.000000112. The van der Waals surface area contributed by atoms with Gasteiger partial charge in [0.25, 0.3) is 0 Å². The lowest BCUT2D eigenvalue weighted by Gasteiger charge is -1.47. The molecule has 0 aromatic carbocycles. The molecular weight excluding hydrogens is 202 g/mol. The first-order chi connectivity index (χ1) is 7.50. The highest BCUT2D eigenvalue weighted by atomic mass is 16.5. The van der Waals surface area contributed by atoms with Crippen LogP contribution in [0.2, 0.25) is 0 Å². The van der Waals surface area contributed by atoms with Crippen molar-refractivity contribution in [2.24, 2.45) is 0 Å². The molecule has 0 aliphatic heterocycles. The lowest BCUT2D eigenvalue weighted by Crippen LogP contribution is -1.53. The topological polar surface area (TPSA) is 104 Å². The van der Waals surface area contributed by atoms with Crippen LogP contribution in [0.3, 0.4) is 0 Å². The summed E-state index contributed by atoms with van der Waals surface area (Å²) in [6.07, 6.45) is 10.2. The number of rotatable bonds is 0. The number of oxazole rings is 1. The van der Waals surface area contributed by atoms with Gasteiger partial charge in [-0.25, -0.2) is 4.98 Å². The second kappa shape index (κ2) is 8.10. The summed E-state index contributed by atoms with van der Waals surface area (Å²) in [7, 11) is 0. The molecule has 0 N–H and O–H groups in total. The summed E-state index contributed by atoms with van der Waals surface area (Å²) in [4.78, 5) is 3.56. The van der Waals surface area contributed by atoms with Gasteiger partial charge in [-0.2, -0.15) is 0 Å². The lowest BCUT2D eigenvalue weighted by atomic mass is 11.0. The molecule has 0 spiro atoms. The van der Waals surface area contributed by atoms with Crippen molar-refractivity contribution in [3.63, 3.8) is 0 Å². The first-order valence-electron chi connectivity index (χ1n) is 3.74. The van der Waals surface area contributed by atoms with Crippen molar-refractivity contribution in [1.29, 1.82) is 0 Å². The predicted octanol–water partition coefficient (Wildman–Crippen LogP) is 0.814. The molecule has 0 saturated carbocycles. The summed E-state index contributed by atoms with van der Waals surface area (Å²) in [5.74, 6) is 0. The second-order valence-electron chi connectivity index (χ2n) is 1.85. The lowest BCUT2D eigenvalue weighted by molar-refractivity contribution is 0.392. The first kappa shape index (κ1) is 10.6. The Hall–Kier alpha value is -2.51. The Kier molecular flexibility index (Phi) is 5.71. The van der Waals surface area contributed by atoms with Crippen molar-refractivity contribution >= 4 is 0 Å². The summed E-state index contributed by atoms with van der Waals surface area (Å²) >= 11 is 0. The van der Waals surface area contributed by atoms with Crippen LogP contribution < -0.4 is 0 Å². The highest BCUT2D eigenvalue weighted by molar-refractivity contribution is 4.56. The Morgan fingerprint density at radius 1 is 0.733 bits per heavy atom. The quantitative estimate of drug-likeness (QED) is 0.535. The monoisotopic (exact) mass is 209 g/mol. The number of nitrogens with zero attached hydrogens (tertiary/aromatic N) is 5. The van der Waals surface area contributed by atoms with Gasteiger partial charge in [-0.1, -0.05) is 0 Å². The second-order valence-corrected chi connectivity index (χ2v) is 1.85. The molecule has 0 aliphatic carbocycles. The van der Waals surface area contributed by atoms with E-state index in [1.807, 2.05) is 0 Å². The fraction of sp³-hybridized carbons (Fsp3) is 0. The molecule has 0 fully saturated rings. The molecule has 78 valence electrons. The number of aromatic nitrogens is 5. The van der Waals surface area contributed by atoms with Crippen molar-refractivity contribution in [2.75, 3.05) is 0 Å². The Morgan fingerprint density at radius 3 is 1.53 bits per heavy atom. The third kappa shape index (κ3) is 6.63. The summed E-state index contributed by atoms with van der Waals surface area (Å²) in [6.45, 7) is 0. The Labute approximate surface area is 83.9 Å². The molecule has 0 unspecified atom stereocenters. The third-order valence-corrected chi connectivity index (χ3v) is 0.913. The minimum Gasteiger partial charge on any atom is -0.452 e. The largest absolute Gasteiger partial charge is 0.452 e. The maximum absolute atomic E-state index is 4.47. The molecule has 3 heterocycles. The summed E-state index contributed by atoms with van der Waals surface area (Å²) in [6, 6.07) is 0. The van der Waals surface area contributed by atoms with Crippen LogP contribution in [-0.4, -0.2) is 25.7 Å². The summed E-state index contributed by atoms with van der Waals surface area (Å²) in [5, 5.41) is 12.8. The molecule has 0 saturated heterocycles. The van der Waals surface area contributed by atoms with E-state index in [4.69, 9.17) is 0 Å². The molecule has 8 nitrogen and oxygen atoms in total. The van der Waals surface area contributed by atoms with Gasteiger partial charge in [-0.05, 0) is 0 Å². The highest BCUT2D eigenvalue weighted by Crippen LogP contribution is 1.72. The molecule has 8 heteroatoms. The van der Waals surface area contributed by atoms with E-state index in [0.717, 1.165) is 0 Å². The van der Waals surface area contributed by atoms with Crippen LogP contribution in [0.15, 0.2) is 57.2 Å². The van der Waals surface area contributed by atoms with Crippen molar-refractivity contribution in [1.82, 2.24) is 25.7 Å². The predicted molar refractivity (Wildman–Crippen MR) is 45.1 cm³/mol. The molecule has 0 atom stereocenters. The molecule has 3 aromatic rings. The molecule has 0 amide bonds. The van der Waals surface area contributed by atoms with E-state index in [9.17, 15) is 0 Å². The van der Waals surface area contributed by atoms with Gasteiger partial charge in [0.2, 0.25) is 0 Å². The van der Waals surface area contributed by atoms with E-state index in [1.165, 1.54) is 37.6 Å². The van der Waals surface area contributed by atoms with Gasteiger partial charge in [0, 0.05) is 10.5 Å². The van der Waals surface area contributed by atoms with Crippen molar-refractivity contribution in [2.45, 2.75) is 0 Å². The fourth-order valence-electron chi connectivity index (χ4n) is 0.448. The van der Waals surface area contributed by atoms with E-state index in [-0.39, 0.29) is 0 Å². The average Bonchev–Trinajstić information content (AvgIpc) is 3.09. The maximum Gasteiger partial charge on any atom is 0.180 e. The van der Waals surface area contributed by atoms with Gasteiger partial charge in [-0.3, -0.25) is 0 Å². The van der Waals surface area contributed by atoms with Crippen molar-refractivity contribution < 1.29 is 13.5 Å². The minimum absolute atomic E-state index is 1.38. The van der Waals surface area contributed by atoms with Crippen LogP contribution in [0.4, 0.5) is 0 Å². The molecule has 0 aliphatic rings. The Morgan fingerprint density at radius 2 is 1.40 bits per heavy atom. The smallest absolute Gasteiger partial charge is 0.180 e. The molecular formula is C7H7N5O3. The highest BCUT2D eigenvalue weighted by Gasteiger charge is 1.62. The maximum atomic E-state index is 4.47. The molecule has 3 aromatic heterocycles. The van der Waals surface area contributed by atoms with Crippen molar-refractivity contribution in [3.8, 4) is 0 Å².